The van der Waals surface area contributed by atoms with Gasteiger partial charge in [0.2, 0.25) is 0 Å². The van der Waals surface area contributed by atoms with Gasteiger partial charge in [-0.05, 0) is 56.3 Å². The fourth-order valence-corrected chi connectivity index (χ4v) is 3.26. The molecule has 4 nitrogen and oxygen atoms in total. The number of ether oxygens (including phenoxy) is 2. The van der Waals surface area contributed by atoms with E-state index in [2.05, 4.69) is 10.1 Å². The molecule has 1 saturated heterocycles. The predicted molar refractivity (Wildman–Crippen MR) is 93.3 cm³/mol. The Balaban J connectivity index is 0.000000160. The van der Waals surface area contributed by atoms with Gasteiger partial charge in [-0.1, -0.05) is 18.2 Å². The van der Waals surface area contributed by atoms with Crippen LogP contribution in [0.1, 0.15) is 28.8 Å². The van der Waals surface area contributed by atoms with E-state index >= 15 is 0 Å². The van der Waals surface area contributed by atoms with Gasteiger partial charge >= 0.3 is 5.97 Å². The molecule has 25 heavy (non-hydrogen) atoms. The van der Waals surface area contributed by atoms with Gasteiger partial charge in [-0.2, -0.15) is 0 Å². The average molecular weight is 343 g/mol. The highest BCUT2D eigenvalue weighted by molar-refractivity contribution is 5.89. The second-order valence-corrected chi connectivity index (χ2v) is 6.32. The number of piperidine rings is 1. The molecular formula is C20H22FNO3. The first-order valence-corrected chi connectivity index (χ1v) is 8.43. The van der Waals surface area contributed by atoms with Gasteiger partial charge in [0.05, 0.1) is 12.7 Å². The van der Waals surface area contributed by atoms with Gasteiger partial charge in [0.1, 0.15) is 17.2 Å². The fraction of sp³-hybridized carbons (Fsp3) is 0.350. The average Bonchev–Trinajstić information content (AvgIpc) is 2.99. The third-order valence-electron chi connectivity index (χ3n) is 4.57. The molecule has 1 fully saturated rings. The van der Waals surface area contributed by atoms with Crippen molar-refractivity contribution in [3.05, 3.63) is 65.5 Å². The second-order valence-electron chi connectivity index (χ2n) is 6.32. The molecule has 0 amide bonds. The van der Waals surface area contributed by atoms with Crippen LogP contribution in [0.5, 0.6) is 5.75 Å². The molecule has 1 spiro atoms. The van der Waals surface area contributed by atoms with Crippen LogP contribution in [0, 0.1) is 5.82 Å². The van der Waals surface area contributed by atoms with E-state index in [0.29, 0.717) is 5.56 Å². The van der Waals surface area contributed by atoms with E-state index in [1.807, 2.05) is 6.07 Å². The Kier molecular flexibility index (Phi) is 5.34. The molecule has 4 rings (SSSR count). The third kappa shape index (κ3) is 4.17. The lowest BCUT2D eigenvalue weighted by Gasteiger charge is -2.33. The minimum Gasteiger partial charge on any atom is -0.487 e. The lowest BCUT2D eigenvalue weighted by molar-refractivity contribution is 0.0595. The van der Waals surface area contributed by atoms with Gasteiger partial charge in [-0.3, -0.25) is 0 Å². The van der Waals surface area contributed by atoms with Gasteiger partial charge in [-0.25, -0.2) is 9.18 Å². The molecule has 0 atom stereocenters. The van der Waals surface area contributed by atoms with Crippen LogP contribution in [-0.4, -0.2) is 31.8 Å². The van der Waals surface area contributed by atoms with E-state index in [4.69, 9.17) is 4.74 Å². The van der Waals surface area contributed by atoms with E-state index < -0.39 is 0 Å². The normalized spacial score (nSPS) is 17.0. The highest BCUT2D eigenvalue weighted by atomic mass is 19.1. The number of carbonyl (C=O) groups excluding carboxylic acids is 1. The Hall–Kier alpha value is -2.40. The summed E-state index contributed by atoms with van der Waals surface area (Å²) in [7, 11) is 1.37. The van der Waals surface area contributed by atoms with Crippen molar-refractivity contribution < 1.29 is 18.7 Å². The smallest absolute Gasteiger partial charge is 0.337 e. The SMILES string of the molecule is COC(=O)c1ccccc1.Fc1ccc2c(c1)CC1(CCNCC1)O2. The van der Waals surface area contributed by atoms with Crippen LogP contribution in [0.3, 0.4) is 0 Å². The highest BCUT2D eigenvalue weighted by Gasteiger charge is 2.40. The molecule has 2 heterocycles. The maximum atomic E-state index is 13.0. The van der Waals surface area contributed by atoms with Crippen LogP contribution in [0.15, 0.2) is 48.5 Å². The largest absolute Gasteiger partial charge is 0.487 e. The topological polar surface area (TPSA) is 47.6 Å². The monoisotopic (exact) mass is 343 g/mol. The fourth-order valence-electron chi connectivity index (χ4n) is 3.26. The van der Waals surface area contributed by atoms with Gasteiger partial charge in [0, 0.05) is 12.0 Å². The van der Waals surface area contributed by atoms with Gasteiger partial charge in [0.15, 0.2) is 0 Å². The Bertz CT molecular complexity index is 727. The molecule has 2 aromatic rings. The number of carbonyl (C=O) groups is 1. The van der Waals surface area contributed by atoms with Gasteiger partial charge in [0.25, 0.3) is 0 Å². The van der Waals surface area contributed by atoms with Crippen molar-refractivity contribution in [1.82, 2.24) is 5.32 Å². The van der Waals surface area contributed by atoms with Gasteiger partial charge in [-0.15, -0.1) is 0 Å². The summed E-state index contributed by atoms with van der Waals surface area (Å²) in [4.78, 5) is 10.8. The molecule has 0 unspecified atom stereocenters. The van der Waals surface area contributed by atoms with Crippen LogP contribution in [0.4, 0.5) is 4.39 Å². The molecule has 0 aliphatic carbocycles. The molecule has 0 aromatic heterocycles. The summed E-state index contributed by atoms with van der Waals surface area (Å²) in [5.41, 5.74) is 1.56. The zero-order valence-corrected chi connectivity index (χ0v) is 14.3. The van der Waals surface area contributed by atoms with Crippen LogP contribution < -0.4 is 10.1 Å². The number of esters is 1. The Morgan fingerprint density at radius 1 is 1.16 bits per heavy atom. The number of rotatable bonds is 1. The number of hydrogen-bond donors (Lipinski definition) is 1. The Morgan fingerprint density at radius 3 is 2.56 bits per heavy atom. The second kappa shape index (κ2) is 7.66. The zero-order chi connectivity index (χ0) is 17.7. The molecule has 2 aliphatic heterocycles. The summed E-state index contributed by atoms with van der Waals surface area (Å²) < 4.78 is 23.5. The molecule has 0 radical (unpaired) electrons. The molecule has 132 valence electrons. The molecule has 0 bridgehead atoms. The first-order chi connectivity index (χ1) is 12.1. The summed E-state index contributed by atoms with van der Waals surface area (Å²) >= 11 is 0. The maximum absolute atomic E-state index is 13.0. The molecule has 1 N–H and O–H groups in total. The van der Waals surface area contributed by atoms with E-state index in [9.17, 15) is 9.18 Å². The number of hydrogen-bond acceptors (Lipinski definition) is 4. The molecular weight excluding hydrogens is 321 g/mol. The highest BCUT2D eigenvalue weighted by Crippen LogP contribution is 2.39. The van der Waals surface area contributed by atoms with E-state index in [0.717, 1.165) is 43.7 Å². The summed E-state index contributed by atoms with van der Waals surface area (Å²) in [6.45, 7) is 1.99. The maximum Gasteiger partial charge on any atom is 0.337 e. The standard InChI is InChI=1S/C12H14FNO.C8H8O2/c13-10-1-2-11-9(7-10)8-12(15-11)3-5-14-6-4-12;1-10-8(9)7-5-3-2-4-6-7/h1-2,7,14H,3-6,8H2;2-6H,1H3. The quantitative estimate of drug-likeness (QED) is 0.807. The Morgan fingerprint density at radius 2 is 1.88 bits per heavy atom. The molecule has 2 aromatic carbocycles. The number of methoxy groups -OCH3 is 1. The lowest BCUT2D eigenvalue weighted by atomic mass is 9.88. The number of benzene rings is 2. The first-order valence-electron chi connectivity index (χ1n) is 8.43. The molecule has 0 saturated carbocycles. The van der Waals surface area contributed by atoms with Crippen molar-refractivity contribution >= 4 is 5.97 Å². The molecule has 5 heteroatoms. The van der Waals surface area contributed by atoms with Crippen molar-refractivity contribution in [1.29, 1.82) is 0 Å². The van der Waals surface area contributed by atoms with Crippen LogP contribution >= 0.6 is 0 Å². The van der Waals surface area contributed by atoms with Gasteiger partial charge < -0.3 is 14.8 Å². The van der Waals surface area contributed by atoms with Crippen LogP contribution in [0.25, 0.3) is 0 Å². The molecule has 2 aliphatic rings. The first kappa shape index (κ1) is 17.4. The third-order valence-corrected chi connectivity index (χ3v) is 4.57. The minimum atomic E-state index is -0.291. The van der Waals surface area contributed by atoms with Crippen molar-refractivity contribution in [3.8, 4) is 5.75 Å². The van der Waals surface area contributed by atoms with Crippen molar-refractivity contribution in [3.63, 3.8) is 0 Å². The van der Waals surface area contributed by atoms with Crippen molar-refractivity contribution in [2.75, 3.05) is 20.2 Å². The summed E-state index contributed by atoms with van der Waals surface area (Å²) in [6.07, 6.45) is 2.90. The van der Waals surface area contributed by atoms with Crippen molar-refractivity contribution in [2.45, 2.75) is 24.9 Å². The number of fused-ring (bicyclic) bond motifs is 1. The minimum absolute atomic E-state index is 0.0542. The summed E-state index contributed by atoms with van der Waals surface area (Å²) in [6, 6.07) is 13.7. The van der Waals surface area contributed by atoms with Crippen molar-refractivity contribution in [2.24, 2.45) is 0 Å². The lowest BCUT2D eigenvalue weighted by Crippen LogP contribution is -2.45. The van der Waals surface area contributed by atoms with Crippen LogP contribution in [-0.2, 0) is 11.2 Å². The zero-order valence-electron chi connectivity index (χ0n) is 14.3. The predicted octanol–water partition coefficient (Wildman–Crippen LogP) is 3.36. The number of halogens is 1. The van der Waals surface area contributed by atoms with Crippen LogP contribution in [0.2, 0.25) is 0 Å². The van der Waals surface area contributed by atoms with E-state index in [-0.39, 0.29) is 17.4 Å². The van der Waals surface area contributed by atoms with E-state index in [1.165, 1.54) is 13.2 Å². The summed E-state index contributed by atoms with van der Waals surface area (Å²) in [5.74, 6) is 0.419. The summed E-state index contributed by atoms with van der Waals surface area (Å²) in [5, 5.41) is 3.32. The number of nitrogens with one attached hydrogen (secondary N) is 1. The van der Waals surface area contributed by atoms with E-state index in [1.54, 1.807) is 36.4 Å². The Labute approximate surface area is 147 Å².